The van der Waals surface area contributed by atoms with E-state index in [0.717, 1.165) is 10.2 Å². The maximum atomic E-state index is 13.4. The number of halogens is 1. The minimum Gasteiger partial charge on any atom is -0.457 e. The van der Waals surface area contributed by atoms with Gasteiger partial charge in [-0.3, -0.25) is 25.1 Å². The summed E-state index contributed by atoms with van der Waals surface area (Å²) in [7, 11) is -1.39. The molecule has 8 nitrogen and oxygen atoms in total. The number of nitrogens with zero attached hydrogens (tertiary/aromatic N) is 2. The Bertz CT molecular complexity index is 1360. The molecule has 2 heterocycles. The number of carbonyl (C=O) groups is 3. The number of anilines is 1. The maximum absolute atomic E-state index is 13.4. The van der Waals surface area contributed by atoms with Crippen molar-refractivity contribution in [2.24, 2.45) is 0 Å². The highest BCUT2D eigenvalue weighted by molar-refractivity contribution is 9.10. The van der Waals surface area contributed by atoms with Gasteiger partial charge < -0.3 is 9.64 Å². The number of urea groups is 1. The molecule has 0 atom stereocenters. The van der Waals surface area contributed by atoms with Gasteiger partial charge in [-0.15, -0.1) is 0 Å². The van der Waals surface area contributed by atoms with Crippen molar-refractivity contribution in [3.63, 3.8) is 0 Å². The van der Waals surface area contributed by atoms with Crippen LogP contribution in [0.2, 0.25) is 19.6 Å². The molecule has 10 heteroatoms. The van der Waals surface area contributed by atoms with Gasteiger partial charge in [-0.25, -0.2) is 4.79 Å². The summed E-state index contributed by atoms with van der Waals surface area (Å²) in [6.45, 7) is 9.16. The van der Waals surface area contributed by atoms with Crippen LogP contribution in [0.1, 0.15) is 5.56 Å². The van der Waals surface area contributed by atoms with Crippen molar-refractivity contribution in [2.75, 3.05) is 31.1 Å². The summed E-state index contributed by atoms with van der Waals surface area (Å²) < 4.78 is 6.87. The molecule has 2 saturated heterocycles. The summed E-state index contributed by atoms with van der Waals surface area (Å²) >= 11 is 3.41. The third-order valence-electron chi connectivity index (χ3n) is 7.29. The van der Waals surface area contributed by atoms with Crippen molar-refractivity contribution in [3.05, 3.63) is 82.8 Å². The number of carbonyl (C=O) groups excluding carboxylic acids is 3. The van der Waals surface area contributed by atoms with E-state index in [-0.39, 0.29) is 0 Å². The molecule has 3 aromatic carbocycles. The molecule has 0 aromatic heterocycles. The van der Waals surface area contributed by atoms with E-state index >= 15 is 0 Å². The summed E-state index contributed by atoms with van der Waals surface area (Å²) in [5, 5.41) is 6.04. The fourth-order valence-corrected chi connectivity index (χ4v) is 6.56. The van der Waals surface area contributed by atoms with Crippen molar-refractivity contribution in [3.8, 4) is 11.5 Å². The first-order valence-electron chi connectivity index (χ1n) is 12.9. The number of nitrogens with one attached hydrogen (secondary N) is 2. The summed E-state index contributed by atoms with van der Waals surface area (Å²) in [6, 6.07) is 22.2. The van der Waals surface area contributed by atoms with Gasteiger partial charge in [-0.05, 0) is 54.1 Å². The Kier molecular flexibility index (Phi) is 7.36. The van der Waals surface area contributed by atoms with Crippen LogP contribution >= 0.6 is 15.9 Å². The molecule has 39 heavy (non-hydrogen) atoms. The van der Waals surface area contributed by atoms with Gasteiger partial charge in [-0.1, -0.05) is 65.0 Å². The van der Waals surface area contributed by atoms with Crippen molar-refractivity contribution >= 4 is 52.7 Å². The molecule has 2 aliphatic heterocycles. The number of ether oxygens (including phenoxy) is 1. The predicted octanol–water partition coefficient (Wildman–Crippen LogP) is 4.17. The van der Waals surface area contributed by atoms with Crippen LogP contribution in [0, 0.1) is 0 Å². The Hall–Kier alpha value is -3.47. The van der Waals surface area contributed by atoms with E-state index in [0.29, 0.717) is 43.2 Å². The number of imide groups is 2. The summed E-state index contributed by atoms with van der Waals surface area (Å²) in [4.78, 5) is 43.0. The molecular weight excluding hydrogens is 576 g/mol. The highest BCUT2D eigenvalue weighted by Gasteiger charge is 2.56. The zero-order chi connectivity index (χ0) is 27.8. The van der Waals surface area contributed by atoms with Crippen LogP contribution in [0.25, 0.3) is 0 Å². The van der Waals surface area contributed by atoms with E-state index in [1.165, 1.54) is 5.19 Å². The Balaban J connectivity index is 1.39. The van der Waals surface area contributed by atoms with Gasteiger partial charge in [0.2, 0.25) is 5.54 Å². The molecule has 0 radical (unpaired) electrons. The molecule has 202 valence electrons. The minimum atomic E-state index is -1.67. The van der Waals surface area contributed by atoms with Crippen LogP contribution < -0.4 is 25.5 Å². The van der Waals surface area contributed by atoms with Crippen LogP contribution in [-0.2, 0) is 15.1 Å². The Morgan fingerprint density at radius 1 is 0.744 bits per heavy atom. The zero-order valence-electron chi connectivity index (χ0n) is 22.2. The lowest BCUT2D eigenvalue weighted by Crippen LogP contribution is -2.73. The second-order valence-corrected chi connectivity index (χ2v) is 16.8. The van der Waals surface area contributed by atoms with Gasteiger partial charge in [0.15, 0.2) is 0 Å². The van der Waals surface area contributed by atoms with Gasteiger partial charge in [0.25, 0.3) is 11.8 Å². The number of hydrogen-bond acceptors (Lipinski definition) is 6. The highest BCUT2D eigenvalue weighted by Crippen LogP contribution is 2.35. The largest absolute Gasteiger partial charge is 0.457 e. The molecule has 0 aliphatic carbocycles. The zero-order valence-corrected chi connectivity index (χ0v) is 24.7. The van der Waals surface area contributed by atoms with Crippen LogP contribution in [-0.4, -0.2) is 57.0 Å². The van der Waals surface area contributed by atoms with Gasteiger partial charge in [0.1, 0.15) is 11.5 Å². The topological polar surface area (TPSA) is 91.0 Å². The van der Waals surface area contributed by atoms with Crippen molar-refractivity contribution in [2.45, 2.75) is 25.2 Å². The second-order valence-electron chi connectivity index (χ2n) is 10.8. The Morgan fingerprint density at radius 3 is 1.77 bits per heavy atom. The first-order chi connectivity index (χ1) is 18.6. The van der Waals surface area contributed by atoms with Gasteiger partial charge in [-0.2, -0.15) is 0 Å². The van der Waals surface area contributed by atoms with Gasteiger partial charge >= 0.3 is 6.03 Å². The maximum Gasteiger partial charge on any atom is 0.328 e. The fourth-order valence-electron chi connectivity index (χ4n) is 5.13. The number of amides is 4. The van der Waals surface area contributed by atoms with Gasteiger partial charge in [0, 0.05) is 36.3 Å². The Morgan fingerprint density at radius 2 is 1.26 bits per heavy atom. The number of rotatable bonds is 6. The molecule has 4 amide bonds. The standard InChI is InChI=1S/C29H31BrN4O4Si/c1-39(2,3)25-14-8-22(9-15-25)33-16-18-34(19-17-33)29(26(35)31-28(37)32-27(29)36)20-4-10-23(11-5-20)38-24-12-6-21(30)7-13-24/h4-15H,16-19H2,1-3H3,(H2,31,32,35,36,37). The van der Waals surface area contributed by atoms with Crippen LogP contribution in [0.3, 0.4) is 0 Å². The van der Waals surface area contributed by atoms with Crippen LogP contribution in [0.5, 0.6) is 11.5 Å². The molecule has 2 N–H and O–H groups in total. The number of piperazine rings is 1. The van der Waals surface area contributed by atoms with Gasteiger partial charge in [0.05, 0.1) is 8.07 Å². The highest BCUT2D eigenvalue weighted by atomic mass is 79.9. The molecule has 5 rings (SSSR count). The van der Waals surface area contributed by atoms with Crippen molar-refractivity contribution in [1.82, 2.24) is 15.5 Å². The second kappa shape index (κ2) is 10.6. The van der Waals surface area contributed by atoms with Crippen LogP contribution in [0.15, 0.2) is 77.3 Å². The molecular formula is C29H31BrN4O4Si. The quantitative estimate of drug-likeness (QED) is 0.323. The summed E-state index contributed by atoms with van der Waals surface area (Å²) in [5.74, 6) is -0.0690. The molecule has 0 unspecified atom stereocenters. The minimum absolute atomic E-state index is 0.460. The first-order valence-corrected chi connectivity index (χ1v) is 17.2. The summed E-state index contributed by atoms with van der Waals surface area (Å²) in [6.07, 6.45) is 0. The monoisotopic (exact) mass is 606 g/mol. The third kappa shape index (κ3) is 5.36. The van der Waals surface area contributed by atoms with E-state index in [2.05, 4.69) is 75.4 Å². The molecule has 0 saturated carbocycles. The molecule has 2 aliphatic rings. The summed E-state index contributed by atoms with van der Waals surface area (Å²) in [5.41, 5.74) is -0.0772. The lowest BCUT2D eigenvalue weighted by molar-refractivity contribution is -0.149. The fraction of sp³-hybridized carbons (Fsp3) is 0.276. The lowest BCUT2D eigenvalue weighted by atomic mass is 9.84. The number of hydrogen-bond donors (Lipinski definition) is 2. The van der Waals surface area contributed by atoms with Crippen LogP contribution in [0.4, 0.5) is 10.5 Å². The first kappa shape index (κ1) is 27.1. The third-order valence-corrected chi connectivity index (χ3v) is 9.88. The van der Waals surface area contributed by atoms with E-state index in [1.807, 2.05) is 29.2 Å². The van der Waals surface area contributed by atoms with Crippen molar-refractivity contribution in [1.29, 1.82) is 0 Å². The molecule has 0 bridgehead atoms. The van der Waals surface area contributed by atoms with E-state index < -0.39 is 31.5 Å². The predicted molar refractivity (Wildman–Crippen MR) is 157 cm³/mol. The SMILES string of the molecule is C[Si](C)(C)c1ccc(N2CCN(C3(c4ccc(Oc5ccc(Br)cc5)cc4)C(=O)NC(=O)NC3=O)CC2)cc1. The number of barbiturate groups is 1. The average Bonchev–Trinajstić information content (AvgIpc) is 2.91. The van der Waals surface area contributed by atoms with E-state index in [4.69, 9.17) is 4.74 Å². The Labute approximate surface area is 237 Å². The average molecular weight is 608 g/mol. The molecule has 2 fully saturated rings. The normalized spacial score (nSPS) is 17.9. The van der Waals surface area contributed by atoms with E-state index in [1.54, 1.807) is 24.3 Å². The molecule has 3 aromatic rings. The van der Waals surface area contributed by atoms with E-state index in [9.17, 15) is 14.4 Å². The number of benzene rings is 3. The van der Waals surface area contributed by atoms with Crippen molar-refractivity contribution < 1.29 is 19.1 Å². The molecule has 0 spiro atoms. The lowest BCUT2D eigenvalue weighted by Gasteiger charge is -2.47. The smallest absolute Gasteiger partial charge is 0.328 e.